The third-order valence-electron chi connectivity index (χ3n) is 7.24. The minimum absolute atomic E-state index is 0. The van der Waals surface area contributed by atoms with Crippen LogP contribution in [-0.4, -0.2) is 47.8 Å². The van der Waals surface area contributed by atoms with Gasteiger partial charge in [0.2, 0.25) is 0 Å². The Hall–Kier alpha value is -4.49. The number of rotatable bonds is 4. The first-order valence-corrected chi connectivity index (χ1v) is 12.6. The molecule has 188 valence electrons. The summed E-state index contributed by atoms with van der Waals surface area (Å²) in [4.78, 5) is 16.3. The first kappa shape index (κ1) is 22.7. The van der Waals surface area contributed by atoms with Gasteiger partial charge in [-0.25, -0.2) is 0 Å². The molecule has 8 rings (SSSR count). The molecule has 3 aromatic heterocycles. The second-order valence-corrected chi connectivity index (χ2v) is 9.65. The van der Waals surface area contributed by atoms with E-state index >= 15 is 0 Å². The van der Waals surface area contributed by atoms with E-state index in [1.165, 1.54) is 10.8 Å². The minimum Gasteiger partial charge on any atom is -0.453 e. The Balaban J connectivity index is 0.00000242. The molecule has 0 spiro atoms. The first-order valence-electron chi connectivity index (χ1n) is 12.6. The molecular formula is C30H25ClN6O. The van der Waals surface area contributed by atoms with Crippen molar-refractivity contribution >= 4 is 56.9 Å². The van der Waals surface area contributed by atoms with Crippen LogP contribution < -0.4 is 10.6 Å². The van der Waals surface area contributed by atoms with Gasteiger partial charge in [0.1, 0.15) is 11.4 Å². The maximum Gasteiger partial charge on any atom is 0.170 e. The zero-order chi connectivity index (χ0) is 24.3. The van der Waals surface area contributed by atoms with Crippen LogP contribution in [0.4, 0.5) is 0 Å². The highest BCUT2D eigenvalue weighted by molar-refractivity contribution is 6.03. The highest BCUT2D eigenvalue weighted by Gasteiger charge is 2.15. The van der Waals surface area contributed by atoms with Gasteiger partial charge in [-0.1, -0.05) is 24.3 Å². The maximum atomic E-state index is 6.01. The van der Waals surface area contributed by atoms with Gasteiger partial charge in [-0.05, 0) is 54.1 Å². The standard InChI is InChI=1S/C30H24N6O.ClH/c1-2-19(25-14-20-3-4-21(15-26(20)36-25)29-31-7-8-32-29)13-24-18(1)12-23(35-24)17-5-6-27-22(11-17)16-28(37-27)30-33-9-10-34-30;/h1-6,11-16,35-36H,7-10H2,(H,31,32)(H,33,34);1H. The fourth-order valence-electron chi connectivity index (χ4n) is 5.36. The lowest BCUT2D eigenvalue weighted by atomic mass is 10.1. The molecule has 2 aliphatic heterocycles. The third kappa shape index (κ3) is 3.74. The largest absolute Gasteiger partial charge is 0.453 e. The molecule has 0 aliphatic carbocycles. The molecule has 4 N–H and O–H groups in total. The first-order chi connectivity index (χ1) is 18.3. The molecule has 0 bridgehead atoms. The van der Waals surface area contributed by atoms with E-state index in [9.17, 15) is 0 Å². The number of hydrogen-bond donors (Lipinski definition) is 4. The predicted molar refractivity (Wildman–Crippen MR) is 157 cm³/mol. The lowest BCUT2D eigenvalue weighted by Gasteiger charge is -2.02. The van der Waals surface area contributed by atoms with Gasteiger partial charge in [-0.2, -0.15) is 0 Å². The Morgan fingerprint density at radius 2 is 1.18 bits per heavy atom. The zero-order valence-electron chi connectivity index (χ0n) is 20.5. The van der Waals surface area contributed by atoms with Crippen molar-refractivity contribution in [1.29, 1.82) is 0 Å². The Morgan fingerprint density at radius 3 is 1.87 bits per heavy atom. The second-order valence-electron chi connectivity index (χ2n) is 9.65. The van der Waals surface area contributed by atoms with Crippen molar-refractivity contribution in [3.63, 3.8) is 0 Å². The molecule has 0 saturated carbocycles. The van der Waals surface area contributed by atoms with Gasteiger partial charge < -0.3 is 25.0 Å². The van der Waals surface area contributed by atoms with Gasteiger partial charge in [-0.3, -0.25) is 9.98 Å². The van der Waals surface area contributed by atoms with E-state index in [2.05, 4.69) is 97.3 Å². The molecule has 2 aliphatic rings. The average Bonchev–Trinajstić information content (AvgIpc) is 3.75. The quantitative estimate of drug-likeness (QED) is 0.235. The van der Waals surface area contributed by atoms with Crippen LogP contribution in [0.25, 0.3) is 55.3 Å². The third-order valence-corrected chi connectivity index (χ3v) is 7.24. The van der Waals surface area contributed by atoms with Crippen molar-refractivity contribution in [2.75, 3.05) is 26.2 Å². The monoisotopic (exact) mass is 520 g/mol. The minimum atomic E-state index is 0. The number of fused-ring (bicyclic) bond motifs is 3. The van der Waals surface area contributed by atoms with Crippen molar-refractivity contribution in [2.45, 2.75) is 0 Å². The Labute approximate surface area is 224 Å². The fraction of sp³-hybridized carbons (Fsp3) is 0.133. The maximum absolute atomic E-state index is 6.01. The summed E-state index contributed by atoms with van der Waals surface area (Å²) < 4.78 is 6.01. The molecule has 0 unspecified atom stereocenters. The lowest BCUT2D eigenvalue weighted by Crippen LogP contribution is -2.19. The number of nitrogens with one attached hydrogen (secondary N) is 4. The van der Waals surface area contributed by atoms with Crippen molar-refractivity contribution in [1.82, 2.24) is 20.6 Å². The van der Waals surface area contributed by atoms with Crippen LogP contribution in [0.1, 0.15) is 11.3 Å². The van der Waals surface area contributed by atoms with Crippen LogP contribution in [-0.2, 0) is 0 Å². The molecule has 6 aromatic rings. The van der Waals surface area contributed by atoms with Gasteiger partial charge in [0.25, 0.3) is 0 Å². The molecule has 0 saturated heterocycles. The van der Waals surface area contributed by atoms with Gasteiger partial charge in [0.05, 0.1) is 13.1 Å². The molecular weight excluding hydrogens is 496 g/mol. The molecule has 5 heterocycles. The molecule has 8 heteroatoms. The molecule has 0 amide bonds. The van der Waals surface area contributed by atoms with E-state index in [0.29, 0.717) is 0 Å². The van der Waals surface area contributed by atoms with Crippen molar-refractivity contribution in [3.05, 3.63) is 84.1 Å². The number of aromatic nitrogens is 2. The molecule has 3 aromatic carbocycles. The predicted octanol–water partition coefficient (Wildman–Crippen LogP) is 5.85. The number of amidine groups is 2. The molecule has 0 radical (unpaired) electrons. The fourth-order valence-corrected chi connectivity index (χ4v) is 5.36. The van der Waals surface area contributed by atoms with Gasteiger partial charge in [0.15, 0.2) is 11.6 Å². The van der Waals surface area contributed by atoms with E-state index in [1.54, 1.807) is 0 Å². The SMILES string of the molecule is Cl.c1cc2cc(-c3ccc4cc(-c5ccc6oc(C7=NCCN7)cc6c5)[nH]c4c3)[nH]c2cc1C1=NCCN1. The molecule has 0 fully saturated rings. The lowest BCUT2D eigenvalue weighted by molar-refractivity contribution is 0.602. The number of benzene rings is 3. The summed E-state index contributed by atoms with van der Waals surface area (Å²) in [5.74, 6) is 2.61. The summed E-state index contributed by atoms with van der Waals surface area (Å²) >= 11 is 0. The highest BCUT2D eigenvalue weighted by Crippen LogP contribution is 2.32. The molecule has 7 nitrogen and oxygen atoms in total. The summed E-state index contributed by atoms with van der Waals surface area (Å²) in [6, 6.07) is 25.8. The van der Waals surface area contributed by atoms with E-state index in [4.69, 9.17) is 4.42 Å². The van der Waals surface area contributed by atoms with Crippen molar-refractivity contribution < 1.29 is 4.42 Å². The number of furan rings is 1. The van der Waals surface area contributed by atoms with Gasteiger partial charge in [0, 0.05) is 62.8 Å². The van der Waals surface area contributed by atoms with E-state index in [-0.39, 0.29) is 12.4 Å². The summed E-state index contributed by atoms with van der Waals surface area (Å²) in [5.41, 5.74) is 8.66. The van der Waals surface area contributed by atoms with Crippen LogP contribution in [0.5, 0.6) is 0 Å². The highest BCUT2D eigenvalue weighted by atomic mass is 35.5. The van der Waals surface area contributed by atoms with Crippen LogP contribution in [0.2, 0.25) is 0 Å². The van der Waals surface area contributed by atoms with E-state index in [0.717, 1.165) is 93.7 Å². The van der Waals surface area contributed by atoms with Crippen LogP contribution in [0.15, 0.2) is 87.2 Å². The van der Waals surface area contributed by atoms with Crippen LogP contribution >= 0.6 is 12.4 Å². The number of aliphatic imine (C=N–C) groups is 2. The summed E-state index contributed by atoms with van der Waals surface area (Å²) in [5, 5.41) is 10.1. The Kier molecular flexibility index (Phi) is 5.26. The van der Waals surface area contributed by atoms with Gasteiger partial charge in [-0.15, -0.1) is 12.4 Å². The van der Waals surface area contributed by atoms with E-state index < -0.39 is 0 Å². The Morgan fingerprint density at radius 1 is 0.579 bits per heavy atom. The normalized spacial score (nSPS) is 14.9. The van der Waals surface area contributed by atoms with Crippen molar-refractivity contribution in [2.24, 2.45) is 9.98 Å². The number of nitrogens with zero attached hydrogens (tertiary/aromatic N) is 2. The topological polar surface area (TPSA) is 93.5 Å². The number of aromatic amines is 2. The second kappa shape index (κ2) is 8.82. The number of H-pyrrole nitrogens is 2. The summed E-state index contributed by atoms with van der Waals surface area (Å²) in [7, 11) is 0. The zero-order valence-corrected chi connectivity index (χ0v) is 21.3. The Bertz CT molecular complexity index is 1880. The smallest absolute Gasteiger partial charge is 0.170 e. The number of halogens is 1. The average molecular weight is 521 g/mol. The summed E-state index contributed by atoms with van der Waals surface area (Å²) in [6.45, 7) is 3.40. The molecule has 38 heavy (non-hydrogen) atoms. The van der Waals surface area contributed by atoms with Crippen LogP contribution in [0, 0.1) is 0 Å². The number of hydrogen-bond acceptors (Lipinski definition) is 5. The van der Waals surface area contributed by atoms with Crippen LogP contribution in [0.3, 0.4) is 0 Å². The van der Waals surface area contributed by atoms with E-state index in [1.807, 2.05) is 6.07 Å². The molecule has 0 atom stereocenters. The van der Waals surface area contributed by atoms with Gasteiger partial charge >= 0.3 is 0 Å². The van der Waals surface area contributed by atoms with Crippen molar-refractivity contribution in [3.8, 4) is 22.5 Å². The summed E-state index contributed by atoms with van der Waals surface area (Å²) in [6.07, 6.45) is 0.